The van der Waals surface area contributed by atoms with Crippen molar-refractivity contribution in [1.29, 1.82) is 0 Å². The van der Waals surface area contributed by atoms with Gasteiger partial charge in [0.1, 0.15) is 10.6 Å². The lowest BCUT2D eigenvalue weighted by atomic mass is 10.2. The Morgan fingerprint density at radius 1 is 0.862 bits per heavy atom. The minimum absolute atomic E-state index is 0.0878. The largest absolute Gasteiger partial charge is 0.454 e. The van der Waals surface area contributed by atoms with E-state index in [-0.39, 0.29) is 22.2 Å². The summed E-state index contributed by atoms with van der Waals surface area (Å²) in [7, 11) is -4.56. The molecular formula is C19H14Cl2N2O5S. The molecule has 0 aliphatic carbocycles. The summed E-state index contributed by atoms with van der Waals surface area (Å²) in [5, 5.41) is 5.73. The van der Waals surface area contributed by atoms with Crippen LogP contribution in [-0.4, -0.2) is 19.0 Å². The monoisotopic (exact) mass is 452 g/mol. The number of carbonyl (C=O) groups excluding carboxylic acids is 1. The molecule has 0 saturated heterocycles. The third-order valence-electron chi connectivity index (χ3n) is 3.63. The fourth-order valence-electron chi connectivity index (χ4n) is 2.39. The first-order chi connectivity index (χ1) is 13.7. The number of urea groups is 1. The van der Waals surface area contributed by atoms with Crippen LogP contribution in [0, 0.1) is 0 Å². The molecule has 3 rings (SSSR count). The van der Waals surface area contributed by atoms with Gasteiger partial charge in [-0.2, -0.15) is 8.42 Å². The Kier molecular flexibility index (Phi) is 6.29. The molecule has 0 saturated carbocycles. The third-order valence-corrected chi connectivity index (χ3v) is 4.99. The molecule has 0 heterocycles. The van der Waals surface area contributed by atoms with Gasteiger partial charge in [-0.15, -0.1) is 0 Å². The normalized spacial score (nSPS) is 11.0. The smallest absolute Gasteiger partial charge is 0.323 e. The van der Waals surface area contributed by atoms with Crippen molar-refractivity contribution in [3.8, 4) is 11.5 Å². The standard InChI is InChI=1S/C19H14Cl2N2O5S/c20-12-6-8-16(28-17-11-13(21)7-9-18(17)29(25,26)27)15(10-12)23-19(24)22-14-4-2-1-3-5-14/h1-11H,(H2,22,23,24)(H,25,26,27). The van der Waals surface area contributed by atoms with Crippen molar-refractivity contribution in [2.75, 3.05) is 10.6 Å². The van der Waals surface area contributed by atoms with Crippen LogP contribution >= 0.6 is 23.2 Å². The van der Waals surface area contributed by atoms with Crippen LogP contribution in [0.5, 0.6) is 11.5 Å². The van der Waals surface area contributed by atoms with Crippen LogP contribution in [0.4, 0.5) is 16.2 Å². The number of rotatable bonds is 5. The molecule has 29 heavy (non-hydrogen) atoms. The molecule has 10 heteroatoms. The summed E-state index contributed by atoms with van der Waals surface area (Å²) in [5.74, 6) is -0.126. The highest BCUT2D eigenvalue weighted by molar-refractivity contribution is 7.86. The molecule has 0 aliphatic rings. The predicted molar refractivity (Wildman–Crippen MR) is 112 cm³/mol. The molecule has 0 spiro atoms. The van der Waals surface area contributed by atoms with Crippen molar-refractivity contribution in [3.05, 3.63) is 76.8 Å². The highest BCUT2D eigenvalue weighted by Gasteiger charge is 2.19. The fourth-order valence-corrected chi connectivity index (χ4v) is 3.32. The first kappa shape index (κ1) is 20.9. The average molecular weight is 453 g/mol. The quantitative estimate of drug-likeness (QED) is 0.432. The minimum atomic E-state index is -4.56. The molecule has 7 nitrogen and oxygen atoms in total. The van der Waals surface area contributed by atoms with Crippen LogP contribution in [0.2, 0.25) is 10.0 Å². The van der Waals surface area contributed by atoms with Gasteiger partial charge in [0.05, 0.1) is 5.69 Å². The second-order valence-corrected chi connectivity index (χ2v) is 8.02. The highest BCUT2D eigenvalue weighted by Crippen LogP contribution is 2.36. The van der Waals surface area contributed by atoms with Crippen LogP contribution in [0.25, 0.3) is 0 Å². The maximum absolute atomic E-state index is 12.3. The molecule has 2 amide bonds. The lowest BCUT2D eigenvalue weighted by Crippen LogP contribution is -2.19. The zero-order chi connectivity index (χ0) is 21.0. The van der Waals surface area contributed by atoms with Gasteiger partial charge in [0.15, 0.2) is 5.75 Å². The van der Waals surface area contributed by atoms with Gasteiger partial charge in [0, 0.05) is 21.8 Å². The second-order valence-electron chi connectivity index (χ2n) is 5.75. The van der Waals surface area contributed by atoms with E-state index in [9.17, 15) is 17.8 Å². The van der Waals surface area contributed by atoms with Crippen LogP contribution in [0.15, 0.2) is 71.6 Å². The van der Waals surface area contributed by atoms with E-state index < -0.39 is 21.0 Å². The molecule has 0 bridgehead atoms. The van der Waals surface area contributed by atoms with Crippen LogP contribution < -0.4 is 15.4 Å². The number of carbonyl (C=O) groups is 1. The van der Waals surface area contributed by atoms with Gasteiger partial charge >= 0.3 is 6.03 Å². The summed E-state index contributed by atoms with van der Waals surface area (Å²) in [4.78, 5) is 11.8. The molecule has 150 valence electrons. The summed E-state index contributed by atoms with van der Waals surface area (Å²) < 4.78 is 38.3. The van der Waals surface area contributed by atoms with E-state index >= 15 is 0 Å². The number of halogens is 2. The summed E-state index contributed by atoms with van der Waals surface area (Å²) in [6, 6.07) is 16.2. The molecule has 0 aliphatic heterocycles. The van der Waals surface area contributed by atoms with Crippen molar-refractivity contribution in [1.82, 2.24) is 0 Å². The molecular weight excluding hydrogens is 439 g/mol. The van der Waals surface area contributed by atoms with Crippen LogP contribution in [0.3, 0.4) is 0 Å². The van der Waals surface area contributed by atoms with Gasteiger partial charge in [0.2, 0.25) is 0 Å². The number of amides is 2. The second kappa shape index (κ2) is 8.71. The Labute approximate surface area is 177 Å². The average Bonchev–Trinajstić information content (AvgIpc) is 2.64. The highest BCUT2D eigenvalue weighted by atomic mass is 35.5. The van der Waals surface area contributed by atoms with Crippen LogP contribution in [-0.2, 0) is 10.1 Å². The Hall–Kier alpha value is -2.78. The molecule has 0 radical (unpaired) electrons. The number of hydrogen-bond donors (Lipinski definition) is 3. The van der Waals surface area contributed by atoms with Crippen LogP contribution in [0.1, 0.15) is 0 Å². The van der Waals surface area contributed by atoms with E-state index in [1.54, 1.807) is 24.3 Å². The molecule has 3 aromatic carbocycles. The lowest BCUT2D eigenvalue weighted by molar-refractivity contribution is 0.262. The molecule has 0 atom stereocenters. The topological polar surface area (TPSA) is 105 Å². The van der Waals surface area contributed by atoms with Gasteiger partial charge < -0.3 is 15.4 Å². The Morgan fingerprint density at radius 3 is 2.21 bits per heavy atom. The van der Waals surface area contributed by atoms with Gasteiger partial charge in [-0.25, -0.2) is 4.79 Å². The number of ether oxygens (including phenoxy) is 1. The zero-order valence-electron chi connectivity index (χ0n) is 14.6. The van der Waals surface area contributed by atoms with E-state index in [1.807, 2.05) is 6.07 Å². The Balaban J connectivity index is 1.90. The first-order valence-electron chi connectivity index (χ1n) is 8.10. The van der Waals surface area contributed by atoms with E-state index in [2.05, 4.69) is 10.6 Å². The summed E-state index contributed by atoms with van der Waals surface area (Å²) in [6.07, 6.45) is 0. The van der Waals surface area contributed by atoms with Crippen molar-refractivity contribution in [2.45, 2.75) is 4.90 Å². The Morgan fingerprint density at radius 2 is 1.52 bits per heavy atom. The van der Waals surface area contributed by atoms with Crippen molar-refractivity contribution in [3.63, 3.8) is 0 Å². The summed E-state index contributed by atoms with van der Waals surface area (Å²) in [5.41, 5.74) is 0.741. The Bertz CT molecular complexity index is 1150. The third kappa shape index (κ3) is 5.61. The fraction of sp³-hybridized carbons (Fsp3) is 0. The number of nitrogens with one attached hydrogen (secondary N) is 2. The lowest BCUT2D eigenvalue weighted by Gasteiger charge is -2.15. The number of hydrogen-bond acceptors (Lipinski definition) is 4. The molecule has 0 aromatic heterocycles. The minimum Gasteiger partial charge on any atom is -0.454 e. The van der Waals surface area contributed by atoms with E-state index in [0.717, 1.165) is 6.07 Å². The van der Waals surface area contributed by atoms with Crippen molar-refractivity contribution in [2.24, 2.45) is 0 Å². The molecule has 3 N–H and O–H groups in total. The maximum atomic E-state index is 12.3. The van der Waals surface area contributed by atoms with Gasteiger partial charge in [-0.05, 0) is 42.5 Å². The summed E-state index contributed by atoms with van der Waals surface area (Å²) >= 11 is 11.9. The predicted octanol–water partition coefficient (Wildman–Crippen LogP) is 5.68. The van der Waals surface area contributed by atoms with Gasteiger partial charge in [-0.3, -0.25) is 4.55 Å². The van der Waals surface area contributed by atoms with Gasteiger partial charge in [0.25, 0.3) is 10.1 Å². The SMILES string of the molecule is O=C(Nc1ccccc1)Nc1cc(Cl)ccc1Oc1cc(Cl)ccc1S(=O)(=O)O. The van der Waals surface area contributed by atoms with E-state index in [1.165, 1.54) is 30.3 Å². The number of para-hydroxylation sites is 1. The van der Waals surface area contributed by atoms with E-state index in [0.29, 0.717) is 10.7 Å². The van der Waals surface area contributed by atoms with Crippen molar-refractivity contribution < 1.29 is 22.5 Å². The molecule has 0 fully saturated rings. The van der Waals surface area contributed by atoms with Gasteiger partial charge in [-0.1, -0.05) is 41.4 Å². The van der Waals surface area contributed by atoms with Crippen molar-refractivity contribution >= 4 is 50.7 Å². The molecule has 0 unspecified atom stereocenters. The van der Waals surface area contributed by atoms with E-state index in [4.69, 9.17) is 27.9 Å². The first-order valence-corrected chi connectivity index (χ1v) is 10.3. The molecule has 3 aromatic rings. The summed E-state index contributed by atoms with van der Waals surface area (Å²) in [6.45, 7) is 0. The maximum Gasteiger partial charge on any atom is 0.323 e. The zero-order valence-corrected chi connectivity index (χ0v) is 16.9. The number of anilines is 2. The number of benzene rings is 3.